The van der Waals surface area contributed by atoms with Crippen LogP contribution in [0.1, 0.15) is 43.8 Å². The molecule has 0 fully saturated rings. The van der Waals surface area contributed by atoms with Crippen molar-refractivity contribution < 1.29 is 5.11 Å². The van der Waals surface area contributed by atoms with Gasteiger partial charge in [0, 0.05) is 6.20 Å². The number of hydrogen-bond donors (Lipinski definition) is 1. The molecular formula is C16H20N2O. The minimum atomic E-state index is -0.174. The highest BCUT2D eigenvalue weighted by atomic mass is 16.3. The first kappa shape index (κ1) is 13.7. The largest absolute Gasteiger partial charge is 0.390 e. The molecule has 0 spiro atoms. The van der Waals surface area contributed by atoms with Crippen molar-refractivity contribution in [2.24, 2.45) is 0 Å². The molecule has 0 saturated carbocycles. The molecule has 0 aliphatic heterocycles. The Morgan fingerprint density at radius 1 is 1.05 bits per heavy atom. The molecule has 1 N–H and O–H groups in total. The van der Waals surface area contributed by atoms with Gasteiger partial charge in [0.05, 0.1) is 17.7 Å². The van der Waals surface area contributed by atoms with E-state index in [4.69, 9.17) is 0 Å². The number of aliphatic hydroxyl groups excluding tert-OH is 1. The Balaban J connectivity index is 2.55. The van der Waals surface area contributed by atoms with E-state index in [1.807, 2.05) is 18.2 Å². The maximum absolute atomic E-state index is 9.25. The zero-order valence-corrected chi connectivity index (χ0v) is 11.5. The van der Waals surface area contributed by atoms with Gasteiger partial charge in [0.1, 0.15) is 5.82 Å². The highest BCUT2D eigenvalue weighted by Crippen LogP contribution is 2.36. The van der Waals surface area contributed by atoms with E-state index in [1.54, 1.807) is 12.3 Å². The first-order chi connectivity index (χ1) is 9.26. The van der Waals surface area contributed by atoms with E-state index in [-0.39, 0.29) is 12.0 Å². The predicted molar refractivity (Wildman–Crippen MR) is 75.8 cm³/mol. The summed E-state index contributed by atoms with van der Waals surface area (Å²) in [5.41, 5.74) is 1.73. The highest BCUT2D eigenvalue weighted by Gasteiger charge is 2.33. The maximum Gasteiger partial charge on any atom is 0.139 e. The first-order valence-corrected chi connectivity index (χ1v) is 6.75. The van der Waals surface area contributed by atoms with Gasteiger partial charge in [-0.1, -0.05) is 44.2 Å². The third-order valence-electron chi connectivity index (χ3n) is 3.84. The second-order valence-electron chi connectivity index (χ2n) is 4.68. The molecule has 100 valence electrons. The SMILES string of the molecule is CCC(CC)(c1ccccc1)c1nccc(CO)n1. The van der Waals surface area contributed by atoms with Crippen molar-refractivity contribution in [3.05, 3.63) is 59.7 Å². The van der Waals surface area contributed by atoms with E-state index < -0.39 is 0 Å². The molecule has 0 bridgehead atoms. The monoisotopic (exact) mass is 256 g/mol. The lowest BCUT2D eigenvalue weighted by Crippen LogP contribution is -2.29. The van der Waals surface area contributed by atoms with Crippen LogP contribution in [0.15, 0.2) is 42.6 Å². The summed E-state index contributed by atoms with van der Waals surface area (Å²) in [6.07, 6.45) is 3.60. The third-order valence-corrected chi connectivity index (χ3v) is 3.84. The number of aromatic nitrogens is 2. The topological polar surface area (TPSA) is 46.0 Å². The molecule has 0 saturated heterocycles. The number of aliphatic hydroxyl groups is 1. The summed E-state index contributed by atoms with van der Waals surface area (Å²) >= 11 is 0. The summed E-state index contributed by atoms with van der Waals surface area (Å²) < 4.78 is 0. The molecule has 0 aliphatic rings. The van der Waals surface area contributed by atoms with Gasteiger partial charge in [0.25, 0.3) is 0 Å². The average Bonchev–Trinajstić information content (AvgIpc) is 2.50. The van der Waals surface area contributed by atoms with Gasteiger partial charge in [-0.2, -0.15) is 0 Å². The van der Waals surface area contributed by atoms with Crippen LogP contribution in [0.3, 0.4) is 0 Å². The van der Waals surface area contributed by atoms with Crippen LogP contribution in [0.5, 0.6) is 0 Å². The second-order valence-corrected chi connectivity index (χ2v) is 4.68. The molecule has 0 unspecified atom stereocenters. The molecule has 2 aromatic rings. The Labute approximate surface area is 114 Å². The van der Waals surface area contributed by atoms with E-state index in [0.717, 1.165) is 18.7 Å². The Hall–Kier alpha value is -1.74. The van der Waals surface area contributed by atoms with Crippen LogP contribution in [-0.2, 0) is 12.0 Å². The zero-order chi connectivity index (χ0) is 13.7. The second kappa shape index (κ2) is 5.93. The van der Waals surface area contributed by atoms with E-state index >= 15 is 0 Å². The first-order valence-electron chi connectivity index (χ1n) is 6.75. The number of benzene rings is 1. The van der Waals surface area contributed by atoms with Crippen LogP contribution >= 0.6 is 0 Å². The lowest BCUT2D eigenvalue weighted by atomic mass is 9.75. The molecule has 19 heavy (non-hydrogen) atoms. The van der Waals surface area contributed by atoms with Crippen molar-refractivity contribution in [1.29, 1.82) is 0 Å². The van der Waals surface area contributed by atoms with Crippen molar-refractivity contribution in [3.63, 3.8) is 0 Å². The lowest BCUT2D eigenvalue weighted by Gasteiger charge is -2.30. The molecule has 1 heterocycles. The average molecular weight is 256 g/mol. The number of rotatable bonds is 5. The van der Waals surface area contributed by atoms with E-state index in [0.29, 0.717) is 5.69 Å². The summed E-state index contributed by atoms with van der Waals surface area (Å²) in [5, 5.41) is 9.25. The molecular weight excluding hydrogens is 236 g/mol. The summed E-state index contributed by atoms with van der Waals surface area (Å²) in [4.78, 5) is 8.98. The van der Waals surface area contributed by atoms with Gasteiger partial charge in [-0.05, 0) is 24.5 Å². The minimum Gasteiger partial charge on any atom is -0.390 e. The standard InChI is InChI=1S/C16H20N2O/c1-3-16(4-2,13-8-6-5-7-9-13)15-17-11-10-14(12-19)18-15/h5-11,19H,3-4,12H2,1-2H3. The lowest BCUT2D eigenvalue weighted by molar-refractivity contribution is 0.275. The van der Waals surface area contributed by atoms with E-state index in [2.05, 4.69) is 35.9 Å². The molecule has 3 heteroatoms. The summed E-state index contributed by atoms with van der Waals surface area (Å²) in [6, 6.07) is 12.1. The van der Waals surface area contributed by atoms with E-state index in [9.17, 15) is 5.11 Å². The van der Waals surface area contributed by atoms with Crippen LogP contribution in [0.4, 0.5) is 0 Å². The molecule has 3 nitrogen and oxygen atoms in total. The Morgan fingerprint density at radius 2 is 1.74 bits per heavy atom. The van der Waals surface area contributed by atoms with Crippen molar-refractivity contribution in [1.82, 2.24) is 9.97 Å². The van der Waals surface area contributed by atoms with Crippen molar-refractivity contribution in [2.45, 2.75) is 38.7 Å². The molecule has 2 rings (SSSR count). The predicted octanol–water partition coefficient (Wildman–Crippen LogP) is 3.08. The number of nitrogens with zero attached hydrogens (tertiary/aromatic N) is 2. The quantitative estimate of drug-likeness (QED) is 0.894. The van der Waals surface area contributed by atoms with Gasteiger partial charge in [-0.25, -0.2) is 9.97 Å². The van der Waals surface area contributed by atoms with Gasteiger partial charge >= 0.3 is 0 Å². The smallest absolute Gasteiger partial charge is 0.139 e. The van der Waals surface area contributed by atoms with Crippen LogP contribution in [0.25, 0.3) is 0 Å². The number of hydrogen-bond acceptors (Lipinski definition) is 3. The molecule has 1 aromatic heterocycles. The Bertz CT molecular complexity index is 521. The van der Waals surface area contributed by atoms with Gasteiger partial charge in [0.15, 0.2) is 0 Å². The molecule has 0 aliphatic carbocycles. The van der Waals surface area contributed by atoms with Crippen LogP contribution in [0.2, 0.25) is 0 Å². The third kappa shape index (κ3) is 2.51. The normalized spacial score (nSPS) is 11.5. The van der Waals surface area contributed by atoms with Crippen LogP contribution in [-0.4, -0.2) is 15.1 Å². The van der Waals surface area contributed by atoms with Gasteiger partial charge in [0.2, 0.25) is 0 Å². The molecule has 1 aromatic carbocycles. The maximum atomic E-state index is 9.25. The molecule has 0 amide bonds. The van der Waals surface area contributed by atoms with Gasteiger partial charge in [-0.3, -0.25) is 0 Å². The molecule has 0 atom stereocenters. The fraction of sp³-hybridized carbons (Fsp3) is 0.375. The molecule has 0 radical (unpaired) electrons. The van der Waals surface area contributed by atoms with Crippen molar-refractivity contribution in [3.8, 4) is 0 Å². The summed E-state index contributed by atoms with van der Waals surface area (Å²) in [6.45, 7) is 4.27. The van der Waals surface area contributed by atoms with Crippen LogP contribution in [0, 0.1) is 0 Å². The van der Waals surface area contributed by atoms with Crippen molar-refractivity contribution in [2.75, 3.05) is 0 Å². The zero-order valence-electron chi connectivity index (χ0n) is 11.5. The Morgan fingerprint density at radius 3 is 2.32 bits per heavy atom. The Kier molecular flexibility index (Phi) is 4.27. The summed E-state index contributed by atoms with van der Waals surface area (Å²) in [5.74, 6) is 0.801. The van der Waals surface area contributed by atoms with Crippen LogP contribution < -0.4 is 0 Å². The fourth-order valence-electron chi connectivity index (χ4n) is 2.58. The highest BCUT2D eigenvalue weighted by molar-refractivity contribution is 5.32. The fourth-order valence-corrected chi connectivity index (χ4v) is 2.58. The minimum absolute atomic E-state index is 0.0478. The van der Waals surface area contributed by atoms with Gasteiger partial charge in [-0.15, -0.1) is 0 Å². The van der Waals surface area contributed by atoms with Gasteiger partial charge < -0.3 is 5.11 Å². The summed E-state index contributed by atoms with van der Waals surface area (Å²) in [7, 11) is 0. The van der Waals surface area contributed by atoms with E-state index in [1.165, 1.54) is 5.56 Å². The van der Waals surface area contributed by atoms with Crippen molar-refractivity contribution >= 4 is 0 Å².